The minimum absolute atomic E-state index is 0.278. The predicted octanol–water partition coefficient (Wildman–Crippen LogP) is 2.94. The number of hydrogen-bond acceptors (Lipinski definition) is 4. The molecule has 156 valence electrons. The number of hydrogen-bond donors (Lipinski definition) is 2. The van der Waals surface area contributed by atoms with Crippen LogP contribution in [-0.2, 0) is 4.79 Å². The first-order chi connectivity index (χ1) is 14.4. The van der Waals surface area contributed by atoms with Gasteiger partial charge in [0, 0.05) is 18.3 Å². The molecule has 0 saturated carbocycles. The smallest absolute Gasteiger partial charge is 0.255 e. The van der Waals surface area contributed by atoms with Gasteiger partial charge in [-0.25, -0.2) is 9.07 Å². The largest absolute Gasteiger partial charge is 0.497 e. The van der Waals surface area contributed by atoms with Crippen LogP contribution < -0.4 is 15.4 Å². The normalized spacial score (nSPS) is 11.6. The summed E-state index contributed by atoms with van der Waals surface area (Å²) < 4.78 is 20.1. The van der Waals surface area contributed by atoms with Crippen molar-refractivity contribution in [1.82, 2.24) is 20.4 Å². The monoisotopic (exact) mass is 410 g/mol. The Kier molecular flexibility index (Phi) is 6.46. The van der Waals surface area contributed by atoms with Gasteiger partial charge in [-0.2, -0.15) is 5.10 Å². The van der Waals surface area contributed by atoms with E-state index in [0.717, 1.165) is 0 Å². The molecule has 7 nitrogen and oxygen atoms in total. The van der Waals surface area contributed by atoms with Gasteiger partial charge in [0.1, 0.15) is 23.3 Å². The van der Waals surface area contributed by atoms with Crippen molar-refractivity contribution in [3.05, 3.63) is 66.1 Å². The average Bonchev–Trinajstić information content (AvgIpc) is 3.20. The zero-order valence-electron chi connectivity index (χ0n) is 17.0. The Morgan fingerprint density at radius 2 is 1.93 bits per heavy atom. The molecule has 3 rings (SSSR count). The molecule has 1 aromatic heterocycles. The van der Waals surface area contributed by atoms with Crippen LogP contribution in [0.2, 0.25) is 0 Å². The van der Waals surface area contributed by atoms with Gasteiger partial charge in [0.2, 0.25) is 5.91 Å². The van der Waals surface area contributed by atoms with Gasteiger partial charge in [-0.15, -0.1) is 0 Å². The summed E-state index contributed by atoms with van der Waals surface area (Å²) in [6.45, 7) is 3.88. The Balaban J connectivity index is 2.01. The number of aromatic nitrogens is 2. The van der Waals surface area contributed by atoms with Gasteiger partial charge in [-0.1, -0.05) is 12.1 Å². The second kappa shape index (κ2) is 9.21. The minimum atomic E-state index is -0.718. The van der Waals surface area contributed by atoms with Crippen LogP contribution >= 0.6 is 0 Å². The van der Waals surface area contributed by atoms with Crippen LogP contribution in [0.3, 0.4) is 0 Å². The van der Waals surface area contributed by atoms with Gasteiger partial charge < -0.3 is 15.4 Å². The van der Waals surface area contributed by atoms with Crippen molar-refractivity contribution in [2.45, 2.75) is 19.9 Å². The van der Waals surface area contributed by atoms with Crippen LogP contribution in [0, 0.1) is 5.82 Å². The molecule has 1 atom stereocenters. The first-order valence-electron chi connectivity index (χ1n) is 9.51. The lowest BCUT2D eigenvalue weighted by Crippen LogP contribution is -2.44. The van der Waals surface area contributed by atoms with Crippen molar-refractivity contribution in [2.75, 3.05) is 13.7 Å². The van der Waals surface area contributed by atoms with E-state index in [0.29, 0.717) is 29.2 Å². The molecule has 0 spiro atoms. The highest BCUT2D eigenvalue weighted by Gasteiger charge is 2.22. The summed E-state index contributed by atoms with van der Waals surface area (Å²) in [6, 6.07) is 12.2. The van der Waals surface area contributed by atoms with Crippen molar-refractivity contribution in [3.63, 3.8) is 0 Å². The summed E-state index contributed by atoms with van der Waals surface area (Å²) in [5.41, 5.74) is 1.96. The number of nitrogens with one attached hydrogen (secondary N) is 2. The molecule has 2 aromatic carbocycles. The number of rotatable bonds is 7. The SMILES string of the molecule is CCNC(=O)[C@@H](C)NC(=O)c1cn(-c2ccc(F)cc2)nc1-c1cccc(OC)c1. The summed E-state index contributed by atoms with van der Waals surface area (Å²) in [7, 11) is 1.55. The van der Waals surface area contributed by atoms with Crippen molar-refractivity contribution < 1.29 is 18.7 Å². The summed E-state index contributed by atoms with van der Waals surface area (Å²) in [5.74, 6) is -0.474. The number of benzene rings is 2. The second-order valence-corrected chi connectivity index (χ2v) is 6.63. The van der Waals surface area contributed by atoms with Crippen molar-refractivity contribution >= 4 is 11.8 Å². The number of amides is 2. The van der Waals surface area contributed by atoms with Crippen LogP contribution in [0.25, 0.3) is 16.9 Å². The van der Waals surface area contributed by atoms with Gasteiger partial charge in [0.05, 0.1) is 18.4 Å². The van der Waals surface area contributed by atoms with Gasteiger partial charge in [0.15, 0.2) is 0 Å². The van der Waals surface area contributed by atoms with Gasteiger partial charge in [0.25, 0.3) is 5.91 Å². The zero-order valence-corrected chi connectivity index (χ0v) is 17.0. The van der Waals surface area contributed by atoms with Crippen molar-refractivity contribution in [2.24, 2.45) is 0 Å². The maximum absolute atomic E-state index is 13.3. The number of ether oxygens (including phenoxy) is 1. The molecule has 0 aliphatic heterocycles. The van der Waals surface area contributed by atoms with E-state index in [1.165, 1.54) is 16.8 Å². The summed E-state index contributed by atoms with van der Waals surface area (Å²) >= 11 is 0. The summed E-state index contributed by atoms with van der Waals surface area (Å²) in [6.07, 6.45) is 1.56. The molecule has 3 aromatic rings. The van der Waals surface area contributed by atoms with E-state index >= 15 is 0 Å². The van der Waals surface area contributed by atoms with Gasteiger partial charge >= 0.3 is 0 Å². The van der Waals surface area contributed by atoms with Crippen LogP contribution in [0.15, 0.2) is 54.7 Å². The summed E-state index contributed by atoms with van der Waals surface area (Å²) in [5, 5.41) is 9.91. The quantitative estimate of drug-likeness (QED) is 0.627. The van der Waals surface area contributed by atoms with Gasteiger partial charge in [-0.3, -0.25) is 9.59 Å². The molecule has 0 unspecified atom stereocenters. The fraction of sp³-hybridized carbons (Fsp3) is 0.227. The van der Waals surface area contributed by atoms with Crippen molar-refractivity contribution in [1.29, 1.82) is 0 Å². The fourth-order valence-corrected chi connectivity index (χ4v) is 2.92. The number of halogens is 1. The van der Waals surface area contributed by atoms with E-state index in [4.69, 9.17) is 4.74 Å². The molecule has 0 bridgehead atoms. The second-order valence-electron chi connectivity index (χ2n) is 6.63. The maximum Gasteiger partial charge on any atom is 0.255 e. The number of methoxy groups -OCH3 is 1. The lowest BCUT2D eigenvalue weighted by molar-refractivity contribution is -0.122. The Hall–Kier alpha value is -3.68. The Bertz CT molecular complexity index is 1050. The molecular weight excluding hydrogens is 387 g/mol. The Labute approximate surface area is 173 Å². The topological polar surface area (TPSA) is 85.3 Å². The molecule has 2 N–H and O–H groups in total. The third kappa shape index (κ3) is 4.65. The number of likely N-dealkylation sites (N-methyl/N-ethyl adjacent to an activating group) is 1. The van der Waals surface area contributed by atoms with E-state index in [-0.39, 0.29) is 17.3 Å². The highest BCUT2D eigenvalue weighted by molar-refractivity contribution is 6.02. The van der Waals surface area contributed by atoms with Gasteiger partial charge in [-0.05, 0) is 50.2 Å². The van der Waals surface area contributed by atoms with Crippen LogP contribution in [0.4, 0.5) is 4.39 Å². The van der Waals surface area contributed by atoms with Crippen molar-refractivity contribution in [3.8, 4) is 22.7 Å². The molecule has 1 heterocycles. The summed E-state index contributed by atoms with van der Waals surface area (Å²) in [4.78, 5) is 25.0. The lowest BCUT2D eigenvalue weighted by atomic mass is 10.1. The third-order valence-electron chi connectivity index (χ3n) is 4.49. The Morgan fingerprint density at radius 1 is 1.20 bits per heavy atom. The molecule has 0 aliphatic carbocycles. The Morgan fingerprint density at radius 3 is 2.60 bits per heavy atom. The predicted molar refractivity (Wildman–Crippen MR) is 111 cm³/mol. The molecule has 30 heavy (non-hydrogen) atoms. The minimum Gasteiger partial charge on any atom is -0.497 e. The zero-order chi connectivity index (χ0) is 21.7. The number of nitrogens with zero attached hydrogens (tertiary/aromatic N) is 2. The molecule has 2 amide bonds. The molecule has 0 radical (unpaired) electrons. The molecule has 0 saturated heterocycles. The van der Waals surface area contributed by atoms with Crippen LogP contribution in [0.1, 0.15) is 24.2 Å². The van der Waals surface area contributed by atoms with Crippen LogP contribution in [-0.4, -0.2) is 41.3 Å². The van der Waals surface area contributed by atoms with E-state index < -0.39 is 11.9 Å². The standard InChI is InChI=1S/C22H23FN4O3/c1-4-24-21(28)14(2)25-22(29)19-13-27(17-10-8-16(23)9-11-17)26-20(19)15-6-5-7-18(12-15)30-3/h5-14H,4H2,1-3H3,(H,24,28)(H,25,29)/t14-/m1/s1. The fourth-order valence-electron chi connectivity index (χ4n) is 2.92. The van der Waals surface area contributed by atoms with E-state index in [1.807, 2.05) is 6.07 Å². The van der Waals surface area contributed by atoms with E-state index in [2.05, 4.69) is 15.7 Å². The average molecular weight is 410 g/mol. The van der Waals surface area contributed by atoms with E-state index in [9.17, 15) is 14.0 Å². The first-order valence-corrected chi connectivity index (χ1v) is 9.51. The molecule has 8 heteroatoms. The van der Waals surface area contributed by atoms with Crippen LogP contribution in [0.5, 0.6) is 5.75 Å². The molecule has 0 fully saturated rings. The lowest BCUT2D eigenvalue weighted by Gasteiger charge is -2.13. The maximum atomic E-state index is 13.3. The highest BCUT2D eigenvalue weighted by Crippen LogP contribution is 2.27. The number of carbonyl (C=O) groups excluding carboxylic acids is 2. The molecule has 0 aliphatic rings. The highest BCUT2D eigenvalue weighted by atomic mass is 19.1. The van der Waals surface area contributed by atoms with E-state index in [1.54, 1.807) is 57.5 Å². The number of carbonyl (C=O) groups is 2. The first kappa shape index (κ1) is 21.0. The molecular formula is C22H23FN4O3. The third-order valence-corrected chi connectivity index (χ3v) is 4.49.